The van der Waals surface area contributed by atoms with Gasteiger partial charge in [0.05, 0.1) is 17.1 Å². The van der Waals surface area contributed by atoms with Crippen LogP contribution < -0.4 is 0 Å². The molecule has 0 atom stereocenters. The Morgan fingerprint density at radius 1 is 0.679 bits per heavy atom. The normalized spacial score (nSPS) is 9.32. The fourth-order valence-electron chi connectivity index (χ4n) is 2.95. The van der Waals surface area contributed by atoms with Gasteiger partial charge in [-0.1, -0.05) is 0 Å². The van der Waals surface area contributed by atoms with Crippen LogP contribution in [0.5, 0.6) is 0 Å². The molecule has 0 aliphatic carbocycles. The standard InChI is InChI=1S/C15H21BN6.2CO.CH.W/c1-10-7-13(4)20(17-10)16(21-14(5)8-11(2)18-21)22-15(6)9-12(3)19-22;2*1-2;;/h7-9H,1-6H3;;;1H;/q-1;;;;+1. The maximum absolute atomic E-state index is 7.50. The van der Waals surface area contributed by atoms with Crippen molar-refractivity contribution in [3.05, 3.63) is 65.7 Å². The predicted molar refractivity (Wildman–Crippen MR) is 99.9 cm³/mol. The first kappa shape index (κ1) is 25.6. The summed E-state index contributed by atoms with van der Waals surface area (Å²) in [7, 11) is -0.226. The molecule has 0 aliphatic rings. The molecule has 0 saturated heterocycles. The van der Waals surface area contributed by atoms with Crippen molar-refractivity contribution in [3.63, 3.8) is 0 Å². The number of hydrogen-bond donors (Lipinski definition) is 0. The second-order valence-corrected chi connectivity index (χ2v) is 5.96. The van der Waals surface area contributed by atoms with Crippen LogP contribution in [0.4, 0.5) is 0 Å². The molecule has 0 spiro atoms. The minimum atomic E-state index is -0.226. The summed E-state index contributed by atoms with van der Waals surface area (Å²) < 4.78 is 25.5. The molecule has 10 heteroatoms. The van der Waals surface area contributed by atoms with Crippen molar-refractivity contribution in [1.29, 1.82) is 0 Å². The first-order valence-corrected chi connectivity index (χ1v) is 9.79. The molecular weight excluding hydrogens is 527 g/mol. The Hall–Kier alpha value is -2.36. The van der Waals surface area contributed by atoms with E-state index in [1.54, 1.807) is 0 Å². The van der Waals surface area contributed by atoms with E-state index in [9.17, 15) is 0 Å². The van der Waals surface area contributed by atoms with E-state index in [-0.39, 0.29) is 7.12 Å². The van der Waals surface area contributed by atoms with Crippen LogP contribution in [-0.2, 0) is 28.5 Å². The number of aryl methyl sites for hydroxylation is 6. The van der Waals surface area contributed by atoms with Gasteiger partial charge in [0, 0.05) is 0 Å². The van der Waals surface area contributed by atoms with Gasteiger partial charge >= 0.3 is 46.5 Å². The first-order valence-electron chi connectivity index (χ1n) is 8.09. The van der Waals surface area contributed by atoms with Gasteiger partial charge in [-0.2, -0.15) is 0 Å². The molecule has 0 aromatic carbocycles. The summed E-state index contributed by atoms with van der Waals surface area (Å²) in [6, 6.07) is 6.22. The fourth-order valence-corrected chi connectivity index (χ4v) is 2.95. The molecule has 0 aliphatic heterocycles. The van der Waals surface area contributed by atoms with Gasteiger partial charge in [0.15, 0.2) is 0 Å². The van der Waals surface area contributed by atoms with E-state index < -0.39 is 0 Å². The minimum absolute atomic E-state index is 0.226. The summed E-state index contributed by atoms with van der Waals surface area (Å²) in [5.41, 5.74) is 6.23. The summed E-state index contributed by atoms with van der Waals surface area (Å²) in [6.45, 7) is 21.2. The third-order valence-electron chi connectivity index (χ3n) is 3.79. The van der Waals surface area contributed by atoms with Crippen molar-refractivity contribution in [2.75, 3.05) is 0 Å². The van der Waals surface area contributed by atoms with Crippen LogP contribution in [0.15, 0.2) is 18.2 Å². The zero-order valence-corrected chi connectivity index (χ0v) is 19.7. The third kappa shape index (κ3) is 5.82. The third-order valence-corrected chi connectivity index (χ3v) is 3.79. The van der Waals surface area contributed by atoms with E-state index in [1.165, 1.54) is 0 Å². The van der Waals surface area contributed by atoms with Gasteiger partial charge in [0.25, 0.3) is 7.12 Å². The molecule has 3 aromatic heterocycles. The van der Waals surface area contributed by atoms with Gasteiger partial charge in [-0.05, 0) is 76.8 Å². The van der Waals surface area contributed by atoms with E-state index in [2.05, 4.69) is 72.3 Å². The average molecular weight is 549 g/mol. The molecule has 28 heavy (non-hydrogen) atoms. The van der Waals surface area contributed by atoms with Crippen LogP contribution >= 0.6 is 0 Å². The molecule has 0 fully saturated rings. The van der Waals surface area contributed by atoms with Gasteiger partial charge in [-0.15, -0.1) is 0 Å². The first-order chi connectivity index (χ1) is 13.4. The van der Waals surface area contributed by atoms with Gasteiger partial charge in [-0.3, -0.25) is 0 Å². The molecule has 3 rings (SSSR count). The van der Waals surface area contributed by atoms with E-state index in [0.29, 0.717) is 0 Å². The fraction of sp³-hybridized carbons (Fsp3) is 0.333. The Kier molecular flexibility index (Phi) is 11.1. The second kappa shape index (κ2) is 12.2. The Morgan fingerprint density at radius 3 is 1.04 bits per heavy atom. The Labute approximate surface area is 176 Å². The van der Waals surface area contributed by atoms with E-state index >= 15 is 0 Å². The average Bonchev–Trinajstić information content (AvgIpc) is 3.31. The molecule has 0 unspecified atom stereocenters. The van der Waals surface area contributed by atoms with Crippen LogP contribution in [0, 0.1) is 59.5 Å². The van der Waals surface area contributed by atoms with Crippen LogP contribution in [0.3, 0.4) is 0 Å². The maximum atomic E-state index is 7.50. The van der Waals surface area contributed by atoms with Crippen molar-refractivity contribution in [2.24, 2.45) is 0 Å². The molecule has 8 nitrogen and oxygen atoms in total. The van der Waals surface area contributed by atoms with E-state index in [0.717, 1.165) is 53.3 Å². The number of hydrogen-bond acceptors (Lipinski definition) is 3. The molecule has 145 valence electrons. The van der Waals surface area contributed by atoms with Crippen LogP contribution in [0.25, 0.3) is 0 Å². The van der Waals surface area contributed by atoms with E-state index in [4.69, 9.17) is 9.30 Å². The van der Waals surface area contributed by atoms with Crippen LogP contribution in [-0.4, -0.2) is 36.2 Å². The van der Waals surface area contributed by atoms with Gasteiger partial charge in [-0.25, -0.2) is 15.3 Å². The van der Waals surface area contributed by atoms with Crippen LogP contribution in [0.1, 0.15) is 34.2 Å². The van der Waals surface area contributed by atoms with Crippen molar-refractivity contribution < 1.29 is 28.5 Å². The molecule has 0 bridgehead atoms. The number of nitrogens with zero attached hydrogens (tertiary/aromatic N) is 6. The molecule has 0 N–H and O–H groups in total. The summed E-state index contributed by atoms with van der Waals surface area (Å²) in [4.78, 5) is 0. The zero-order valence-electron chi connectivity index (χ0n) is 16.8. The second-order valence-electron chi connectivity index (χ2n) is 5.96. The van der Waals surface area contributed by atoms with E-state index in [1.807, 2.05) is 34.5 Å². The van der Waals surface area contributed by atoms with Crippen molar-refractivity contribution in [2.45, 2.75) is 41.5 Å². The van der Waals surface area contributed by atoms with Crippen molar-refractivity contribution >= 4 is 7.12 Å². The predicted octanol–water partition coefficient (Wildman–Crippen LogP) is 2.10. The molecule has 3 heterocycles. The Morgan fingerprint density at radius 2 is 0.893 bits per heavy atom. The topological polar surface area (TPSA) is 93.3 Å². The monoisotopic (exact) mass is 549 g/mol. The molecule has 0 saturated carbocycles. The summed E-state index contributed by atoms with van der Waals surface area (Å²) >= 11 is 1.08. The summed E-state index contributed by atoms with van der Waals surface area (Å²) in [5, 5.41) is 14.0. The molecule has 0 amide bonds. The summed E-state index contributed by atoms with van der Waals surface area (Å²) in [5.74, 6) is 0. The Bertz CT molecular complexity index is 843. The number of aromatic nitrogens is 6. The van der Waals surface area contributed by atoms with Crippen molar-refractivity contribution in [1.82, 2.24) is 29.1 Å². The molecular formula is C18H22BN6O2W. The molecule has 3 aromatic rings. The Balaban J connectivity index is 0.00000111. The summed E-state index contributed by atoms with van der Waals surface area (Å²) in [6.07, 6.45) is 0. The zero-order chi connectivity index (χ0) is 22.0. The molecule has 1 radical (unpaired) electrons. The van der Waals surface area contributed by atoms with Crippen LogP contribution in [0.2, 0.25) is 0 Å². The SMILES string of the molecule is Cc1cc(C)n([B-](n2nc(C)cc2C)n2nc(C)cc2C)n1.[C-]#[O+].[C-]#[O+].[CH]#[W+]. The van der Waals surface area contributed by atoms with Gasteiger partial charge in [0.2, 0.25) is 0 Å². The van der Waals surface area contributed by atoms with Crippen molar-refractivity contribution in [3.8, 4) is 4.71 Å². The quantitative estimate of drug-likeness (QED) is 0.285. The number of rotatable bonds is 3. The van der Waals surface area contributed by atoms with Gasteiger partial charge < -0.3 is 13.8 Å². The van der Waals surface area contributed by atoms with Gasteiger partial charge in [0.1, 0.15) is 0 Å².